The van der Waals surface area contributed by atoms with E-state index in [0.717, 1.165) is 5.56 Å². The SMILES string of the molecule is COC(=O)C1=C(C(=O)OC)C23C(=O)c4ccc(OC)c(OC)c4C1(OC)N2CCc1cc2c(cc13)OCO2. The Bertz CT molecular complexity index is 1460. The maximum atomic E-state index is 14.8. The van der Waals surface area contributed by atoms with Gasteiger partial charge in [-0.3, -0.25) is 4.79 Å². The van der Waals surface area contributed by atoms with Crippen molar-refractivity contribution in [2.45, 2.75) is 17.7 Å². The first-order chi connectivity index (χ1) is 18.4. The van der Waals surface area contributed by atoms with E-state index in [-0.39, 0.29) is 41.4 Å². The Hall–Kier alpha value is -4.09. The molecule has 0 radical (unpaired) electrons. The summed E-state index contributed by atoms with van der Waals surface area (Å²) in [6.07, 6.45) is 0.455. The van der Waals surface area contributed by atoms with Gasteiger partial charge in [-0.15, -0.1) is 0 Å². The molecule has 2 unspecified atom stereocenters. The van der Waals surface area contributed by atoms with Crippen molar-refractivity contribution in [2.24, 2.45) is 0 Å². The summed E-state index contributed by atoms with van der Waals surface area (Å²) < 4.78 is 39.1. The average Bonchev–Trinajstić information content (AvgIpc) is 3.50. The van der Waals surface area contributed by atoms with Crippen molar-refractivity contribution in [1.29, 1.82) is 0 Å². The second-order valence-electron chi connectivity index (χ2n) is 9.11. The molecule has 0 N–H and O–H groups in total. The van der Waals surface area contributed by atoms with E-state index in [0.29, 0.717) is 29.2 Å². The lowest BCUT2D eigenvalue weighted by Crippen LogP contribution is -2.64. The number of Topliss-reactive ketones (excluding diaryl/α,β-unsaturated/α-hetero) is 1. The molecule has 0 spiro atoms. The number of carbonyl (C=O) groups excluding carboxylic acids is 3. The zero-order valence-corrected chi connectivity index (χ0v) is 21.5. The second kappa shape index (κ2) is 8.20. The molecular weight excluding hydrogens is 498 g/mol. The van der Waals surface area contributed by atoms with E-state index in [9.17, 15) is 14.4 Å². The Labute approximate surface area is 217 Å². The molecule has 4 aliphatic heterocycles. The number of esters is 2. The van der Waals surface area contributed by atoms with Gasteiger partial charge in [0, 0.05) is 19.2 Å². The smallest absolute Gasteiger partial charge is 0.339 e. The molecule has 0 fully saturated rings. The summed E-state index contributed by atoms with van der Waals surface area (Å²) in [5.41, 5.74) is -2.21. The van der Waals surface area contributed by atoms with Gasteiger partial charge in [0.15, 0.2) is 34.5 Å². The molecule has 0 aliphatic carbocycles. The van der Waals surface area contributed by atoms with Crippen molar-refractivity contribution in [3.63, 3.8) is 0 Å². The quantitative estimate of drug-likeness (QED) is 0.534. The molecular formula is C27H25NO10. The summed E-state index contributed by atoms with van der Waals surface area (Å²) in [6.45, 7) is 0.255. The predicted octanol–water partition coefficient (Wildman–Crippen LogP) is 1.84. The van der Waals surface area contributed by atoms with Gasteiger partial charge in [-0.1, -0.05) is 0 Å². The molecule has 2 bridgehead atoms. The van der Waals surface area contributed by atoms with Crippen LogP contribution in [-0.4, -0.2) is 71.5 Å². The summed E-state index contributed by atoms with van der Waals surface area (Å²) in [5, 5.41) is 0. The third kappa shape index (κ3) is 2.57. The number of carbonyl (C=O) groups is 3. The van der Waals surface area contributed by atoms with E-state index in [1.165, 1.54) is 35.5 Å². The number of benzene rings is 2. The molecule has 4 aliphatic rings. The van der Waals surface area contributed by atoms with E-state index in [2.05, 4.69) is 0 Å². The molecule has 2 aromatic carbocycles. The van der Waals surface area contributed by atoms with Crippen LogP contribution < -0.4 is 18.9 Å². The van der Waals surface area contributed by atoms with E-state index < -0.39 is 29.0 Å². The third-order valence-corrected chi connectivity index (χ3v) is 7.86. The van der Waals surface area contributed by atoms with Crippen LogP contribution in [0, 0.1) is 0 Å². The number of nitrogens with zero attached hydrogens (tertiary/aromatic N) is 1. The van der Waals surface area contributed by atoms with Crippen LogP contribution >= 0.6 is 0 Å². The molecule has 0 aromatic heterocycles. The van der Waals surface area contributed by atoms with Crippen LogP contribution in [0.1, 0.15) is 27.0 Å². The van der Waals surface area contributed by atoms with Gasteiger partial charge in [0.25, 0.3) is 0 Å². The fraction of sp³-hybridized carbons (Fsp3) is 0.370. The summed E-state index contributed by atoms with van der Waals surface area (Å²) in [7, 11) is 6.69. The predicted molar refractivity (Wildman–Crippen MR) is 128 cm³/mol. The van der Waals surface area contributed by atoms with Crippen LogP contribution in [0.4, 0.5) is 0 Å². The maximum absolute atomic E-state index is 14.8. The number of hydrogen-bond acceptors (Lipinski definition) is 11. The first kappa shape index (κ1) is 24.3. The molecule has 11 heteroatoms. The van der Waals surface area contributed by atoms with E-state index in [4.69, 9.17) is 33.2 Å². The van der Waals surface area contributed by atoms with E-state index >= 15 is 0 Å². The lowest BCUT2D eigenvalue weighted by molar-refractivity contribution is -0.158. The standard InChI is InChI=1S/C27H25NO10/c1-32-16-7-6-14-19(22(16)33-2)27(36-5)21(25(31)35-4)20(24(30)34-3)26(23(14)29)15-11-18-17(37-12-38-18)10-13(15)8-9-28(26)27/h6-7,10-11H,8-9,12H2,1-5H3. The Balaban J connectivity index is 1.84. The molecule has 0 amide bonds. The van der Waals surface area contributed by atoms with Crippen molar-refractivity contribution in [3.8, 4) is 23.0 Å². The molecule has 38 heavy (non-hydrogen) atoms. The number of fused-ring (bicyclic) bond motifs is 4. The van der Waals surface area contributed by atoms with Crippen LogP contribution in [0.25, 0.3) is 0 Å². The van der Waals surface area contributed by atoms with Crippen LogP contribution in [-0.2, 0) is 41.5 Å². The monoisotopic (exact) mass is 523 g/mol. The van der Waals surface area contributed by atoms with Crippen LogP contribution in [0.5, 0.6) is 23.0 Å². The lowest BCUT2D eigenvalue weighted by atomic mass is 9.69. The summed E-state index contributed by atoms with van der Waals surface area (Å²) in [5.74, 6) is -0.709. The van der Waals surface area contributed by atoms with Gasteiger partial charge in [-0.2, -0.15) is 0 Å². The summed E-state index contributed by atoms with van der Waals surface area (Å²) in [4.78, 5) is 43.9. The Morgan fingerprint density at radius 3 is 2.24 bits per heavy atom. The zero-order chi connectivity index (χ0) is 27.0. The first-order valence-electron chi connectivity index (χ1n) is 11.8. The van der Waals surface area contributed by atoms with Crippen molar-refractivity contribution in [2.75, 3.05) is 48.9 Å². The Morgan fingerprint density at radius 1 is 0.921 bits per heavy atom. The number of rotatable bonds is 5. The number of ether oxygens (including phenoxy) is 7. The van der Waals surface area contributed by atoms with Crippen molar-refractivity contribution >= 4 is 17.7 Å². The maximum Gasteiger partial charge on any atom is 0.339 e. The fourth-order valence-electron chi connectivity index (χ4n) is 6.50. The fourth-order valence-corrected chi connectivity index (χ4v) is 6.50. The van der Waals surface area contributed by atoms with Gasteiger partial charge in [0.05, 0.1) is 39.6 Å². The first-order valence-corrected chi connectivity index (χ1v) is 11.8. The van der Waals surface area contributed by atoms with Crippen molar-refractivity contribution in [1.82, 2.24) is 4.90 Å². The van der Waals surface area contributed by atoms with Gasteiger partial charge in [-0.25, -0.2) is 14.5 Å². The van der Waals surface area contributed by atoms with Gasteiger partial charge in [0.2, 0.25) is 6.79 Å². The van der Waals surface area contributed by atoms with Gasteiger partial charge >= 0.3 is 11.9 Å². The van der Waals surface area contributed by atoms with Crippen LogP contribution in [0.2, 0.25) is 0 Å². The van der Waals surface area contributed by atoms with Gasteiger partial charge in [-0.05, 0) is 41.8 Å². The molecule has 0 saturated carbocycles. The topological polar surface area (TPSA) is 119 Å². The second-order valence-corrected chi connectivity index (χ2v) is 9.11. The minimum Gasteiger partial charge on any atom is -0.493 e. The van der Waals surface area contributed by atoms with Crippen LogP contribution in [0.15, 0.2) is 35.4 Å². The summed E-state index contributed by atoms with van der Waals surface area (Å²) >= 11 is 0. The minimum absolute atomic E-state index is 0.0256. The molecule has 2 atom stereocenters. The zero-order valence-electron chi connectivity index (χ0n) is 21.5. The highest BCUT2D eigenvalue weighted by Gasteiger charge is 2.74. The molecule has 6 rings (SSSR count). The van der Waals surface area contributed by atoms with Gasteiger partial charge in [0.1, 0.15) is 11.1 Å². The normalized spacial score (nSPS) is 24.4. The third-order valence-electron chi connectivity index (χ3n) is 7.86. The van der Waals surface area contributed by atoms with E-state index in [1.807, 2.05) is 0 Å². The molecule has 0 saturated heterocycles. The largest absolute Gasteiger partial charge is 0.493 e. The van der Waals surface area contributed by atoms with Gasteiger partial charge < -0.3 is 33.2 Å². The minimum atomic E-state index is -1.78. The average molecular weight is 523 g/mol. The number of methoxy groups -OCH3 is 5. The Morgan fingerprint density at radius 2 is 1.61 bits per heavy atom. The number of hydrogen-bond donors (Lipinski definition) is 0. The molecule has 4 heterocycles. The molecule has 11 nitrogen and oxygen atoms in total. The lowest BCUT2D eigenvalue weighted by Gasteiger charge is -2.53. The highest BCUT2D eigenvalue weighted by Crippen LogP contribution is 2.66. The highest BCUT2D eigenvalue weighted by molar-refractivity contribution is 6.20. The molecule has 2 aromatic rings. The van der Waals surface area contributed by atoms with Crippen LogP contribution in [0.3, 0.4) is 0 Å². The Kier molecular flexibility index (Phi) is 5.24. The van der Waals surface area contributed by atoms with Crippen molar-refractivity contribution < 1.29 is 47.5 Å². The van der Waals surface area contributed by atoms with Crippen molar-refractivity contribution in [3.05, 3.63) is 57.7 Å². The molecule has 198 valence electrons. The van der Waals surface area contributed by atoms with E-state index in [1.54, 1.807) is 29.2 Å². The summed E-state index contributed by atoms with van der Waals surface area (Å²) in [6, 6.07) is 6.68. The highest BCUT2D eigenvalue weighted by atomic mass is 16.7. The number of ketones is 1.